The number of rotatable bonds is 6. The molecule has 0 N–H and O–H groups in total. The van der Waals surface area contributed by atoms with Gasteiger partial charge in [0.1, 0.15) is 0 Å². The van der Waals surface area contributed by atoms with Gasteiger partial charge in [-0.3, -0.25) is 19.3 Å². The fourth-order valence-corrected chi connectivity index (χ4v) is 4.78. The van der Waals surface area contributed by atoms with Crippen molar-refractivity contribution < 1.29 is 14.4 Å². The van der Waals surface area contributed by atoms with Crippen LogP contribution in [-0.2, 0) is 9.59 Å². The Bertz CT molecular complexity index is 1150. The van der Waals surface area contributed by atoms with Crippen LogP contribution in [0.3, 0.4) is 0 Å². The van der Waals surface area contributed by atoms with E-state index in [0.29, 0.717) is 36.8 Å². The molecule has 1 aliphatic heterocycles. The quantitative estimate of drug-likeness (QED) is 0.386. The van der Waals surface area contributed by atoms with Crippen LogP contribution in [0.15, 0.2) is 72.1 Å². The normalized spacial score (nSPS) is 14.4. The van der Waals surface area contributed by atoms with Gasteiger partial charge in [0.15, 0.2) is 10.9 Å². The summed E-state index contributed by atoms with van der Waals surface area (Å²) in [6.07, 6.45) is 4.52. The number of amides is 2. The zero-order valence-corrected chi connectivity index (χ0v) is 19.2. The summed E-state index contributed by atoms with van der Waals surface area (Å²) in [4.78, 5) is 45.3. The predicted molar refractivity (Wildman–Crippen MR) is 130 cm³/mol. The maximum Gasteiger partial charge on any atom is 0.246 e. The van der Waals surface area contributed by atoms with E-state index >= 15 is 0 Å². The van der Waals surface area contributed by atoms with Gasteiger partial charge >= 0.3 is 0 Å². The van der Waals surface area contributed by atoms with Crippen molar-refractivity contribution in [3.05, 3.63) is 83.4 Å². The zero-order valence-electron chi connectivity index (χ0n) is 18.4. The molecule has 0 bridgehead atoms. The van der Waals surface area contributed by atoms with Crippen LogP contribution in [0, 0.1) is 5.92 Å². The summed E-state index contributed by atoms with van der Waals surface area (Å²) in [5.74, 6) is -0.115. The number of hydrogen-bond acceptors (Lipinski definition) is 5. The lowest BCUT2D eigenvalue weighted by atomic mass is 9.89. The number of para-hydroxylation sites is 1. The first-order valence-corrected chi connectivity index (χ1v) is 11.8. The molecule has 3 aromatic rings. The van der Waals surface area contributed by atoms with Crippen molar-refractivity contribution in [2.45, 2.75) is 19.8 Å². The lowest BCUT2D eigenvalue weighted by Gasteiger charge is -2.30. The fraction of sp³-hybridized carbons (Fsp3) is 0.231. The number of hydrogen-bond donors (Lipinski definition) is 0. The number of Topliss-reactive ketones (excluding diaryl/α,β-unsaturated/α-hetero) is 1. The second kappa shape index (κ2) is 10.4. The predicted octanol–water partition coefficient (Wildman–Crippen LogP) is 4.96. The van der Waals surface area contributed by atoms with Gasteiger partial charge in [-0.05, 0) is 31.1 Å². The number of ketones is 1. The Balaban J connectivity index is 1.35. The maximum absolute atomic E-state index is 12.7. The molecule has 7 heteroatoms. The lowest BCUT2D eigenvalue weighted by Crippen LogP contribution is -2.39. The van der Waals surface area contributed by atoms with Crippen molar-refractivity contribution in [3.8, 4) is 0 Å². The minimum Gasteiger partial charge on any atom is -0.339 e. The summed E-state index contributed by atoms with van der Waals surface area (Å²) in [7, 11) is 0. The Labute approximate surface area is 197 Å². The maximum atomic E-state index is 12.7. The molecule has 1 saturated heterocycles. The molecule has 2 aromatic carbocycles. The molecule has 1 aromatic heterocycles. The molecule has 1 aliphatic rings. The van der Waals surface area contributed by atoms with E-state index in [1.807, 2.05) is 66.0 Å². The van der Waals surface area contributed by atoms with Gasteiger partial charge in [-0.25, -0.2) is 4.98 Å². The third kappa shape index (κ3) is 5.43. The zero-order chi connectivity index (χ0) is 23.2. The third-order valence-corrected chi connectivity index (χ3v) is 6.51. The summed E-state index contributed by atoms with van der Waals surface area (Å²) in [5.41, 5.74) is 2.11. The minimum absolute atomic E-state index is 0.0444. The molecule has 0 radical (unpaired) electrons. The minimum atomic E-state index is -0.130. The van der Waals surface area contributed by atoms with Crippen molar-refractivity contribution in [3.63, 3.8) is 0 Å². The van der Waals surface area contributed by atoms with Crippen LogP contribution in [0.2, 0.25) is 0 Å². The number of aromatic nitrogens is 1. The highest BCUT2D eigenvalue weighted by Gasteiger charge is 2.27. The molecule has 0 atom stereocenters. The molecule has 4 rings (SSSR count). The van der Waals surface area contributed by atoms with Crippen LogP contribution in [0.4, 0.5) is 10.8 Å². The first-order chi connectivity index (χ1) is 16.0. The molecule has 0 aliphatic carbocycles. The van der Waals surface area contributed by atoms with E-state index in [4.69, 9.17) is 0 Å². The molecule has 0 saturated carbocycles. The Morgan fingerprint density at radius 3 is 2.27 bits per heavy atom. The third-order valence-electron chi connectivity index (χ3n) is 5.66. The monoisotopic (exact) mass is 459 g/mol. The van der Waals surface area contributed by atoms with E-state index in [1.165, 1.54) is 24.3 Å². The van der Waals surface area contributed by atoms with Gasteiger partial charge in [0.25, 0.3) is 0 Å². The van der Waals surface area contributed by atoms with Crippen LogP contribution >= 0.6 is 11.3 Å². The van der Waals surface area contributed by atoms with Gasteiger partial charge in [0, 0.05) is 43.0 Å². The fourth-order valence-electron chi connectivity index (χ4n) is 3.92. The van der Waals surface area contributed by atoms with Crippen molar-refractivity contribution in [1.82, 2.24) is 9.88 Å². The summed E-state index contributed by atoms with van der Waals surface area (Å²) >= 11 is 1.35. The molecule has 168 valence electrons. The molecule has 2 heterocycles. The Kier molecular flexibility index (Phi) is 7.10. The van der Waals surface area contributed by atoms with E-state index in [9.17, 15) is 14.4 Å². The number of anilines is 2. The summed E-state index contributed by atoms with van der Waals surface area (Å²) in [6.45, 7) is 2.61. The van der Waals surface area contributed by atoms with Gasteiger partial charge in [-0.1, -0.05) is 48.5 Å². The second-order valence-corrected chi connectivity index (χ2v) is 8.74. The van der Waals surface area contributed by atoms with Crippen molar-refractivity contribution in [2.24, 2.45) is 5.92 Å². The van der Waals surface area contributed by atoms with Crippen LogP contribution in [-0.4, -0.2) is 40.6 Å². The standard InChI is InChI=1S/C26H25N3O3S/c1-19(30)29(23-10-6-3-7-11-23)26-27-22(18-33-26)12-13-24(31)28-16-14-21(15-17-28)25(32)20-8-4-2-5-9-20/h2-13,18,21H,14-17H2,1H3/b13-12+. The van der Waals surface area contributed by atoms with Crippen molar-refractivity contribution in [1.29, 1.82) is 0 Å². The van der Waals surface area contributed by atoms with Crippen LogP contribution < -0.4 is 4.90 Å². The highest BCUT2D eigenvalue weighted by atomic mass is 32.1. The first kappa shape index (κ1) is 22.6. The molecule has 2 amide bonds. The van der Waals surface area contributed by atoms with E-state index in [1.54, 1.807) is 15.9 Å². The topological polar surface area (TPSA) is 70.6 Å². The number of benzene rings is 2. The SMILES string of the molecule is CC(=O)N(c1ccccc1)c1nc(/C=C/C(=O)N2CCC(C(=O)c3ccccc3)CC2)cs1. The average molecular weight is 460 g/mol. The number of piperidine rings is 1. The van der Waals surface area contributed by atoms with Crippen LogP contribution in [0.5, 0.6) is 0 Å². The largest absolute Gasteiger partial charge is 0.339 e. The Morgan fingerprint density at radius 2 is 1.64 bits per heavy atom. The summed E-state index contributed by atoms with van der Waals surface area (Å²) in [5, 5.41) is 2.38. The van der Waals surface area contributed by atoms with Crippen molar-refractivity contribution >= 4 is 45.8 Å². The molecular formula is C26H25N3O3S. The number of nitrogens with zero attached hydrogens (tertiary/aromatic N) is 3. The number of carbonyl (C=O) groups excluding carboxylic acids is 3. The molecular weight excluding hydrogens is 434 g/mol. The van der Waals surface area contributed by atoms with Crippen LogP contribution in [0.1, 0.15) is 35.8 Å². The highest BCUT2D eigenvalue weighted by Crippen LogP contribution is 2.29. The van der Waals surface area contributed by atoms with Crippen LogP contribution in [0.25, 0.3) is 6.08 Å². The Hall–Kier alpha value is -3.58. The molecule has 6 nitrogen and oxygen atoms in total. The summed E-state index contributed by atoms with van der Waals surface area (Å²) in [6, 6.07) is 18.7. The molecule has 33 heavy (non-hydrogen) atoms. The van der Waals surface area contributed by atoms with E-state index in [2.05, 4.69) is 4.98 Å². The van der Waals surface area contributed by atoms with Gasteiger partial charge in [0.2, 0.25) is 11.8 Å². The molecule has 1 fully saturated rings. The van der Waals surface area contributed by atoms with E-state index in [-0.39, 0.29) is 23.5 Å². The second-order valence-electron chi connectivity index (χ2n) is 7.91. The Morgan fingerprint density at radius 1 is 1.00 bits per heavy atom. The highest BCUT2D eigenvalue weighted by molar-refractivity contribution is 7.14. The smallest absolute Gasteiger partial charge is 0.246 e. The first-order valence-electron chi connectivity index (χ1n) is 10.9. The van der Waals surface area contributed by atoms with Gasteiger partial charge in [-0.15, -0.1) is 11.3 Å². The molecule has 0 spiro atoms. The number of thiazole rings is 1. The van der Waals surface area contributed by atoms with Gasteiger partial charge in [0.05, 0.1) is 11.4 Å². The van der Waals surface area contributed by atoms with Crippen molar-refractivity contribution in [2.75, 3.05) is 18.0 Å². The number of carbonyl (C=O) groups is 3. The van der Waals surface area contributed by atoms with E-state index < -0.39 is 0 Å². The van der Waals surface area contributed by atoms with E-state index in [0.717, 1.165) is 11.3 Å². The summed E-state index contributed by atoms with van der Waals surface area (Å²) < 4.78 is 0. The van der Waals surface area contributed by atoms with Gasteiger partial charge in [-0.2, -0.15) is 0 Å². The number of likely N-dealkylation sites (tertiary alicyclic amines) is 1. The average Bonchev–Trinajstić information content (AvgIpc) is 3.31. The lowest BCUT2D eigenvalue weighted by molar-refractivity contribution is -0.127. The molecule has 0 unspecified atom stereocenters. The van der Waals surface area contributed by atoms with Gasteiger partial charge < -0.3 is 4.90 Å².